The second kappa shape index (κ2) is 7.47. The molecule has 6 nitrogen and oxygen atoms in total. The van der Waals surface area contributed by atoms with Gasteiger partial charge in [-0.25, -0.2) is 9.97 Å². The molecule has 0 radical (unpaired) electrons. The Morgan fingerprint density at radius 2 is 2.00 bits per heavy atom. The third-order valence-electron chi connectivity index (χ3n) is 7.66. The van der Waals surface area contributed by atoms with E-state index in [2.05, 4.69) is 38.1 Å². The zero-order valence-corrected chi connectivity index (χ0v) is 18.8. The van der Waals surface area contributed by atoms with Gasteiger partial charge in [0.05, 0.1) is 16.7 Å². The highest BCUT2D eigenvalue weighted by atomic mass is 16.2. The number of hydrogen-bond acceptors (Lipinski definition) is 3. The van der Waals surface area contributed by atoms with Crippen LogP contribution in [0.3, 0.4) is 0 Å². The molecule has 1 aliphatic carbocycles. The van der Waals surface area contributed by atoms with Crippen molar-refractivity contribution in [3.8, 4) is 11.5 Å². The summed E-state index contributed by atoms with van der Waals surface area (Å²) in [6.07, 6.45) is 6.93. The van der Waals surface area contributed by atoms with Crippen LogP contribution in [0.15, 0.2) is 42.6 Å². The molecule has 1 aliphatic heterocycles. The van der Waals surface area contributed by atoms with Crippen LogP contribution in [0.5, 0.6) is 0 Å². The van der Waals surface area contributed by atoms with Gasteiger partial charge in [-0.1, -0.05) is 12.8 Å². The van der Waals surface area contributed by atoms with Crippen LogP contribution < -0.4 is 0 Å². The summed E-state index contributed by atoms with van der Waals surface area (Å²) in [6.45, 7) is 4.75. The fourth-order valence-electron chi connectivity index (χ4n) is 5.95. The number of pyridine rings is 1. The molecule has 2 aliphatic rings. The molecule has 3 aromatic heterocycles. The summed E-state index contributed by atoms with van der Waals surface area (Å²) in [5.41, 5.74) is 4.67. The van der Waals surface area contributed by atoms with Crippen LogP contribution in [-0.2, 0) is 13.6 Å². The van der Waals surface area contributed by atoms with Crippen molar-refractivity contribution in [2.75, 3.05) is 13.1 Å². The number of imidazole rings is 1. The van der Waals surface area contributed by atoms with Gasteiger partial charge in [-0.05, 0) is 68.0 Å². The van der Waals surface area contributed by atoms with E-state index in [0.717, 1.165) is 71.1 Å². The minimum Gasteiger partial charge on any atom is -0.338 e. The quantitative estimate of drug-likeness (QED) is 0.469. The number of fused-ring (bicyclic) bond motifs is 3. The van der Waals surface area contributed by atoms with E-state index in [4.69, 9.17) is 4.98 Å². The van der Waals surface area contributed by atoms with Gasteiger partial charge in [-0.2, -0.15) is 0 Å². The lowest BCUT2D eigenvalue weighted by Crippen LogP contribution is -2.42. The number of rotatable bonds is 3. The lowest BCUT2D eigenvalue weighted by atomic mass is 9.88. The maximum atomic E-state index is 13.3. The Balaban J connectivity index is 1.37. The first kappa shape index (κ1) is 19.5. The van der Waals surface area contributed by atoms with Gasteiger partial charge in [0.1, 0.15) is 5.65 Å². The van der Waals surface area contributed by atoms with Crippen molar-refractivity contribution in [1.29, 1.82) is 0 Å². The molecule has 2 atom stereocenters. The molecule has 2 fully saturated rings. The molecule has 1 aromatic carbocycles. The summed E-state index contributed by atoms with van der Waals surface area (Å²) in [7, 11) is 2.04. The van der Waals surface area contributed by atoms with E-state index in [0.29, 0.717) is 5.92 Å². The van der Waals surface area contributed by atoms with Crippen molar-refractivity contribution in [2.45, 2.75) is 39.2 Å². The second-order valence-corrected chi connectivity index (χ2v) is 9.38. The first-order valence-electron chi connectivity index (χ1n) is 11.8. The molecule has 6 heteroatoms. The van der Waals surface area contributed by atoms with E-state index >= 15 is 0 Å². The van der Waals surface area contributed by atoms with Crippen LogP contribution in [0.1, 0.15) is 43.0 Å². The van der Waals surface area contributed by atoms with Crippen molar-refractivity contribution in [2.24, 2.45) is 18.9 Å². The van der Waals surface area contributed by atoms with Gasteiger partial charge in [-0.3, -0.25) is 4.79 Å². The predicted molar refractivity (Wildman–Crippen MR) is 126 cm³/mol. The molecule has 2 unspecified atom stereocenters. The average molecular weight is 428 g/mol. The molecule has 0 spiro atoms. The lowest BCUT2D eigenvalue weighted by molar-refractivity contribution is 0.0627. The topological polar surface area (TPSA) is 56.0 Å². The highest BCUT2D eigenvalue weighted by molar-refractivity contribution is 5.98. The zero-order valence-electron chi connectivity index (χ0n) is 18.8. The summed E-state index contributed by atoms with van der Waals surface area (Å²) in [5, 5.41) is 1.11. The Kier molecular flexibility index (Phi) is 4.56. The first-order valence-corrected chi connectivity index (χ1v) is 11.8. The van der Waals surface area contributed by atoms with Crippen LogP contribution in [0.4, 0.5) is 0 Å². The number of amides is 1. The summed E-state index contributed by atoms with van der Waals surface area (Å²) < 4.78 is 4.32. The molecule has 1 amide bonds. The smallest absolute Gasteiger partial charge is 0.253 e. The van der Waals surface area contributed by atoms with Crippen LogP contribution in [-0.4, -0.2) is 43.0 Å². The van der Waals surface area contributed by atoms with E-state index in [1.807, 2.05) is 37.5 Å². The second-order valence-electron chi connectivity index (χ2n) is 9.38. The lowest BCUT2D eigenvalue weighted by Gasteiger charge is -2.35. The number of piperidine rings is 1. The molecular weight excluding hydrogens is 398 g/mol. The Morgan fingerprint density at radius 1 is 1.12 bits per heavy atom. The molecule has 164 valence electrons. The third-order valence-corrected chi connectivity index (χ3v) is 7.66. The summed E-state index contributed by atoms with van der Waals surface area (Å²) in [6, 6.07) is 12.2. The van der Waals surface area contributed by atoms with Gasteiger partial charge in [0.25, 0.3) is 5.91 Å². The normalized spacial score (nSPS) is 20.9. The fraction of sp³-hybridized carbons (Fsp3) is 0.423. The number of carbonyl (C=O) groups excluding carboxylic acids is 1. The number of hydrogen-bond donors (Lipinski definition) is 0. The maximum Gasteiger partial charge on any atom is 0.253 e. The Morgan fingerprint density at radius 3 is 2.88 bits per heavy atom. The van der Waals surface area contributed by atoms with Crippen LogP contribution >= 0.6 is 0 Å². The average Bonchev–Trinajstić information content (AvgIpc) is 3.52. The van der Waals surface area contributed by atoms with E-state index in [9.17, 15) is 4.79 Å². The fourth-order valence-corrected chi connectivity index (χ4v) is 5.95. The van der Waals surface area contributed by atoms with E-state index < -0.39 is 0 Å². The Bertz CT molecular complexity index is 1330. The van der Waals surface area contributed by atoms with E-state index in [1.165, 1.54) is 19.3 Å². The number of carbonyl (C=O) groups is 1. The van der Waals surface area contributed by atoms with Gasteiger partial charge >= 0.3 is 0 Å². The summed E-state index contributed by atoms with van der Waals surface area (Å²) in [4.78, 5) is 24.9. The van der Waals surface area contributed by atoms with Gasteiger partial charge in [0, 0.05) is 43.8 Å². The van der Waals surface area contributed by atoms with Crippen molar-refractivity contribution in [1.82, 2.24) is 24.0 Å². The molecule has 0 bridgehead atoms. The molecule has 4 heterocycles. The third kappa shape index (κ3) is 2.96. The number of aryl methyl sites for hydroxylation is 2. The zero-order chi connectivity index (χ0) is 21.8. The molecule has 1 saturated carbocycles. The molecule has 4 aromatic rings. The number of aromatic nitrogens is 4. The van der Waals surface area contributed by atoms with Gasteiger partial charge < -0.3 is 14.0 Å². The predicted octanol–water partition coefficient (Wildman–Crippen LogP) is 4.87. The minimum atomic E-state index is 0.149. The monoisotopic (exact) mass is 427 g/mol. The minimum absolute atomic E-state index is 0.149. The first-order chi connectivity index (χ1) is 15.6. The van der Waals surface area contributed by atoms with Crippen LogP contribution in [0.2, 0.25) is 0 Å². The van der Waals surface area contributed by atoms with Crippen molar-refractivity contribution >= 4 is 28.0 Å². The molecule has 1 saturated heterocycles. The molecule has 6 rings (SSSR count). The van der Waals surface area contributed by atoms with Crippen LogP contribution in [0.25, 0.3) is 33.6 Å². The van der Waals surface area contributed by atoms with Gasteiger partial charge in [-0.15, -0.1) is 0 Å². The summed E-state index contributed by atoms with van der Waals surface area (Å²) in [5.74, 6) is 2.58. The Labute approximate surface area is 187 Å². The number of likely N-dealkylation sites (tertiary alicyclic amines) is 1. The van der Waals surface area contributed by atoms with Gasteiger partial charge in [0.2, 0.25) is 0 Å². The van der Waals surface area contributed by atoms with Crippen molar-refractivity contribution in [3.63, 3.8) is 0 Å². The van der Waals surface area contributed by atoms with E-state index in [-0.39, 0.29) is 5.91 Å². The van der Waals surface area contributed by atoms with Gasteiger partial charge in [0.15, 0.2) is 5.82 Å². The molecule has 32 heavy (non-hydrogen) atoms. The maximum absolute atomic E-state index is 13.3. The molecular formula is C26H29N5O. The van der Waals surface area contributed by atoms with E-state index in [1.54, 1.807) is 0 Å². The highest BCUT2D eigenvalue weighted by Crippen LogP contribution is 2.38. The van der Waals surface area contributed by atoms with Crippen molar-refractivity contribution < 1.29 is 4.79 Å². The number of benzene rings is 1. The standard InChI is InChI=1S/C26H29N5O/c1-3-31-23(15-18-8-5-12-27-24(18)31)25-28-21-14-19(9-10-22(21)29(25)2)26(32)30-13-11-17-6-4-7-20(17)16-30/h5,8-10,12,14-15,17,20H,3-4,6-7,11,13,16H2,1-2H3. The summed E-state index contributed by atoms with van der Waals surface area (Å²) >= 11 is 0. The van der Waals surface area contributed by atoms with Crippen molar-refractivity contribution in [3.05, 3.63) is 48.2 Å². The van der Waals surface area contributed by atoms with Crippen LogP contribution in [0, 0.1) is 11.8 Å². The SMILES string of the molecule is CCn1c(-c2nc3cc(C(=O)N4CCC5CCCC5C4)ccc3n2C)cc2cccnc21. The number of nitrogens with zero attached hydrogens (tertiary/aromatic N) is 5. The highest BCUT2D eigenvalue weighted by Gasteiger charge is 2.34. The molecule has 0 N–H and O–H groups in total. The largest absolute Gasteiger partial charge is 0.338 e. The Hall–Kier alpha value is -3.15.